The van der Waals surface area contributed by atoms with Gasteiger partial charge in [0.15, 0.2) is 11.5 Å². The second kappa shape index (κ2) is 6.87. The number of hydrogen-bond donors (Lipinski definition) is 0. The molecule has 1 fully saturated rings. The van der Waals surface area contributed by atoms with Crippen molar-refractivity contribution >= 4 is 5.91 Å². The quantitative estimate of drug-likeness (QED) is 0.830. The molecule has 0 saturated carbocycles. The second-order valence-electron chi connectivity index (χ2n) is 5.99. The van der Waals surface area contributed by atoms with Crippen LogP contribution in [0.5, 0.6) is 0 Å². The van der Waals surface area contributed by atoms with E-state index in [0.717, 1.165) is 22.2 Å². The molecule has 1 aliphatic heterocycles. The maximum absolute atomic E-state index is 12.5. The van der Waals surface area contributed by atoms with Gasteiger partial charge in [-0.2, -0.15) is 18.3 Å². The number of amides is 1. The standard InChI is InChI=1S/C15H18F3N5O2/c1-11-8-12(25-20-11)9-21-4-6-22(7-5-21)14(24)10-23-3-2-13(19-23)15(16,17)18/h2-3,8H,4-7,9-10H2,1H3. The van der Waals surface area contributed by atoms with Crippen LogP contribution in [-0.4, -0.2) is 56.8 Å². The molecule has 0 aliphatic carbocycles. The van der Waals surface area contributed by atoms with Crippen molar-refractivity contribution in [3.8, 4) is 0 Å². The van der Waals surface area contributed by atoms with Crippen LogP contribution in [0, 0.1) is 6.92 Å². The monoisotopic (exact) mass is 357 g/mol. The molecule has 0 bridgehead atoms. The van der Waals surface area contributed by atoms with E-state index in [1.807, 2.05) is 13.0 Å². The molecule has 0 aromatic carbocycles. The number of nitrogens with zero attached hydrogens (tertiary/aromatic N) is 5. The summed E-state index contributed by atoms with van der Waals surface area (Å²) in [5.41, 5.74) is -0.172. The van der Waals surface area contributed by atoms with E-state index in [9.17, 15) is 18.0 Å². The third kappa shape index (κ3) is 4.38. The van der Waals surface area contributed by atoms with Gasteiger partial charge in [0.1, 0.15) is 6.54 Å². The Kier molecular flexibility index (Phi) is 4.80. The highest BCUT2D eigenvalue weighted by atomic mass is 19.4. The van der Waals surface area contributed by atoms with Crippen molar-refractivity contribution in [2.45, 2.75) is 26.2 Å². The summed E-state index contributed by atoms with van der Waals surface area (Å²) >= 11 is 0. The molecule has 0 unspecified atom stereocenters. The SMILES string of the molecule is Cc1cc(CN2CCN(C(=O)Cn3ccc(C(F)(F)F)n3)CC2)on1. The average Bonchev–Trinajstić information content (AvgIpc) is 3.17. The van der Waals surface area contributed by atoms with Crippen LogP contribution in [0.4, 0.5) is 13.2 Å². The largest absolute Gasteiger partial charge is 0.435 e. The third-order valence-corrected chi connectivity index (χ3v) is 4.01. The molecule has 1 aliphatic rings. The van der Waals surface area contributed by atoms with E-state index in [1.165, 1.54) is 6.20 Å². The van der Waals surface area contributed by atoms with E-state index in [4.69, 9.17) is 4.52 Å². The molecule has 3 rings (SSSR count). The van der Waals surface area contributed by atoms with Crippen LogP contribution in [0.25, 0.3) is 0 Å². The predicted molar refractivity (Wildman–Crippen MR) is 80.3 cm³/mol. The molecular weight excluding hydrogens is 339 g/mol. The Labute approximate surface area is 142 Å². The molecular formula is C15H18F3N5O2. The number of carbonyl (C=O) groups excluding carboxylic acids is 1. The lowest BCUT2D eigenvalue weighted by molar-refractivity contribution is -0.142. The number of alkyl halides is 3. The number of rotatable bonds is 4. The van der Waals surface area contributed by atoms with Gasteiger partial charge in [-0.15, -0.1) is 0 Å². The molecule has 7 nitrogen and oxygen atoms in total. The molecule has 25 heavy (non-hydrogen) atoms. The van der Waals surface area contributed by atoms with Gasteiger partial charge in [-0.05, 0) is 13.0 Å². The zero-order valence-corrected chi connectivity index (χ0v) is 13.7. The lowest BCUT2D eigenvalue weighted by Crippen LogP contribution is -2.49. The van der Waals surface area contributed by atoms with E-state index in [0.29, 0.717) is 32.7 Å². The number of hydrogen-bond acceptors (Lipinski definition) is 5. The minimum absolute atomic E-state index is 0.197. The third-order valence-electron chi connectivity index (χ3n) is 4.01. The molecule has 2 aromatic rings. The number of carbonyl (C=O) groups is 1. The Balaban J connectivity index is 1.49. The van der Waals surface area contributed by atoms with E-state index < -0.39 is 11.9 Å². The Morgan fingerprint density at radius 1 is 1.28 bits per heavy atom. The Hall–Kier alpha value is -2.36. The molecule has 1 saturated heterocycles. The van der Waals surface area contributed by atoms with Gasteiger partial charge in [-0.3, -0.25) is 14.4 Å². The van der Waals surface area contributed by atoms with Crippen LogP contribution < -0.4 is 0 Å². The summed E-state index contributed by atoms with van der Waals surface area (Å²) in [7, 11) is 0. The van der Waals surface area contributed by atoms with Crippen molar-refractivity contribution in [2.24, 2.45) is 0 Å². The highest BCUT2D eigenvalue weighted by Gasteiger charge is 2.33. The summed E-state index contributed by atoms with van der Waals surface area (Å²) in [5.74, 6) is 0.528. The Morgan fingerprint density at radius 3 is 2.56 bits per heavy atom. The summed E-state index contributed by atoms with van der Waals surface area (Å²) in [5, 5.41) is 7.24. The summed E-state index contributed by atoms with van der Waals surface area (Å²) in [6, 6.07) is 2.73. The lowest BCUT2D eigenvalue weighted by Gasteiger charge is -2.34. The normalized spacial score (nSPS) is 16.4. The van der Waals surface area contributed by atoms with Crippen molar-refractivity contribution in [1.82, 2.24) is 24.7 Å². The molecule has 3 heterocycles. The van der Waals surface area contributed by atoms with Crippen LogP contribution >= 0.6 is 0 Å². The molecule has 0 atom stereocenters. The fourth-order valence-corrected chi connectivity index (χ4v) is 2.71. The van der Waals surface area contributed by atoms with Gasteiger partial charge in [0.05, 0.1) is 12.2 Å². The van der Waals surface area contributed by atoms with E-state index >= 15 is 0 Å². The first kappa shape index (κ1) is 17.5. The highest BCUT2D eigenvalue weighted by molar-refractivity contribution is 5.76. The van der Waals surface area contributed by atoms with E-state index in [2.05, 4.69) is 15.2 Å². The molecule has 10 heteroatoms. The van der Waals surface area contributed by atoms with Crippen LogP contribution in [0.3, 0.4) is 0 Å². The molecule has 136 valence electrons. The molecule has 1 amide bonds. The minimum atomic E-state index is -4.50. The maximum atomic E-state index is 12.5. The molecule has 2 aromatic heterocycles. The predicted octanol–water partition coefficient (Wildman–Crippen LogP) is 1.54. The first-order valence-corrected chi connectivity index (χ1v) is 7.84. The average molecular weight is 357 g/mol. The molecule has 0 radical (unpaired) electrons. The van der Waals surface area contributed by atoms with Gasteiger partial charge in [0, 0.05) is 38.4 Å². The molecule has 0 N–H and O–H groups in total. The van der Waals surface area contributed by atoms with Crippen LogP contribution in [0.15, 0.2) is 22.9 Å². The van der Waals surface area contributed by atoms with Crippen LogP contribution in [0.1, 0.15) is 17.1 Å². The zero-order chi connectivity index (χ0) is 18.0. The smallest absolute Gasteiger partial charge is 0.360 e. The summed E-state index contributed by atoms with van der Waals surface area (Å²) < 4.78 is 43.8. The number of halogens is 3. The second-order valence-corrected chi connectivity index (χ2v) is 5.99. The van der Waals surface area contributed by atoms with Gasteiger partial charge in [-0.25, -0.2) is 0 Å². The van der Waals surface area contributed by atoms with Crippen molar-refractivity contribution < 1.29 is 22.5 Å². The summed E-state index contributed by atoms with van der Waals surface area (Å²) in [6.07, 6.45) is -3.33. The van der Waals surface area contributed by atoms with Gasteiger partial charge in [0.25, 0.3) is 0 Å². The van der Waals surface area contributed by atoms with Crippen LogP contribution in [0.2, 0.25) is 0 Å². The van der Waals surface area contributed by atoms with E-state index in [1.54, 1.807) is 4.90 Å². The fourth-order valence-electron chi connectivity index (χ4n) is 2.71. The highest BCUT2D eigenvalue weighted by Crippen LogP contribution is 2.27. The van der Waals surface area contributed by atoms with Crippen LogP contribution in [-0.2, 0) is 24.1 Å². The zero-order valence-electron chi connectivity index (χ0n) is 13.7. The summed E-state index contributed by atoms with van der Waals surface area (Å²) in [4.78, 5) is 16.0. The topological polar surface area (TPSA) is 67.4 Å². The number of aryl methyl sites for hydroxylation is 1. The van der Waals surface area contributed by atoms with E-state index in [-0.39, 0.29) is 12.5 Å². The first-order valence-electron chi connectivity index (χ1n) is 7.84. The van der Waals surface area contributed by atoms with Gasteiger partial charge >= 0.3 is 6.18 Å². The van der Waals surface area contributed by atoms with Gasteiger partial charge in [0.2, 0.25) is 5.91 Å². The fraction of sp³-hybridized carbons (Fsp3) is 0.533. The van der Waals surface area contributed by atoms with Crippen molar-refractivity contribution in [3.05, 3.63) is 35.5 Å². The minimum Gasteiger partial charge on any atom is -0.360 e. The molecule has 0 spiro atoms. The Morgan fingerprint density at radius 2 is 2.00 bits per heavy atom. The van der Waals surface area contributed by atoms with Gasteiger partial charge < -0.3 is 9.42 Å². The number of aromatic nitrogens is 3. The summed E-state index contributed by atoms with van der Waals surface area (Å²) in [6.45, 7) is 4.63. The number of piperazine rings is 1. The lowest BCUT2D eigenvalue weighted by atomic mass is 10.3. The van der Waals surface area contributed by atoms with Crippen molar-refractivity contribution in [2.75, 3.05) is 26.2 Å². The van der Waals surface area contributed by atoms with Crippen molar-refractivity contribution in [3.63, 3.8) is 0 Å². The van der Waals surface area contributed by atoms with Gasteiger partial charge in [-0.1, -0.05) is 5.16 Å². The maximum Gasteiger partial charge on any atom is 0.435 e. The van der Waals surface area contributed by atoms with Crippen molar-refractivity contribution in [1.29, 1.82) is 0 Å². The first-order chi connectivity index (χ1) is 11.8. The Bertz CT molecular complexity index is 732.